The maximum atomic E-state index is 12.5. The summed E-state index contributed by atoms with van der Waals surface area (Å²) in [6.45, 7) is 0.286. The molecule has 0 spiro atoms. The van der Waals surface area contributed by atoms with Gasteiger partial charge in [0.15, 0.2) is 4.77 Å². The molecule has 0 aliphatic rings. The van der Waals surface area contributed by atoms with E-state index in [-0.39, 0.29) is 24.6 Å². The molecule has 1 heterocycles. The van der Waals surface area contributed by atoms with Gasteiger partial charge in [-0.3, -0.25) is 25.0 Å². The number of hydrogen-bond donors (Lipinski definition) is 3. The molecule has 0 bridgehead atoms. The monoisotopic (exact) mass is 464 g/mol. The molecule has 3 N–H and O–H groups in total. The van der Waals surface area contributed by atoms with E-state index in [9.17, 15) is 9.59 Å². The number of aromatic amines is 1. The highest BCUT2D eigenvalue weighted by Crippen LogP contribution is 2.27. The van der Waals surface area contributed by atoms with Crippen LogP contribution in [0.2, 0.25) is 10.0 Å². The van der Waals surface area contributed by atoms with Gasteiger partial charge in [-0.05, 0) is 49.0 Å². The lowest BCUT2D eigenvalue weighted by Crippen LogP contribution is -2.42. The van der Waals surface area contributed by atoms with Crippen LogP contribution in [0.25, 0.3) is 5.69 Å². The summed E-state index contributed by atoms with van der Waals surface area (Å²) in [5, 5.41) is 0.917. The summed E-state index contributed by atoms with van der Waals surface area (Å²) in [5.74, 6) is -0.356. The Morgan fingerprint density at radius 1 is 1.10 bits per heavy atom. The van der Waals surface area contributed by atoms with Crippen LogP contribution in [0.15, 0.2) is 54.7 Å². The number of H-pyrrole nitrogens is 1. The Labute approximate surface area is 187 Å². The summed E-state index contributed by atoms with van der Waals surface area (Å²) in [6, 6.07) is 14.1. The molecule has 0 saturated heterocycles. The van der Waals surface area contributed by atoms with Crippen molar-refractivity contribution in [2.45, 2.75) is 12.8 Å². The average molecular weight is 465 g/mol. The molecule has 0 unspecified atom stereocenters. The van der Waals surface area contributed by atoms with Gasteiger partial charge in [-0.25, -0.2) is 0 Å². The van der Waals surface area contributed by atoms with E-state index in [1.54, 1.807) is 22.8 Å². The van der Waals surface area contributed by atoms with E-state index in [0.717, 1.165) is 5.69 Å². The molecule has 0 saturated carbocycles. The number of imidazole rings is 1. The van der Waals surface area contributed by atoms with Crippen molar-refractivity contribution in [1.82, 2.24) is 20.4 Å². The fourth-order valence-corrected chi connectivity index (χ4v) is 3.35. The lowest BCUT2D eigenvalue weighted by molar-refractivity contribution is -0.122. The van der Waals surface area contributed by atoms with Gasteiger partial charge in [0.1, 0.15) is 11.4 Å². The molecule has 0 aliphatic heterocycles. The number of amides is 2. The van der Waals surface area contributed by atoms with Crippen LogP contribution < -0.4 is 15.6 Å². The molecule has 0 fully saturated rings. The number of para-hydroxylation sites is 1. The zero-order chi connectivity index (χ0) is 21.5. The number of rotatable bonds is 7. The van der Waals surface area contributed by atoms with Gasteiger partial charge in [-0.1, -0.05) is 41.4 Å². The highest BCUT2D eigenvalue weighted by Gasteiger charge is 2.15. The number of nitrogens with one attached hydrogen (secondary N) is 3. The Hall–Kier alpha value is -2.81. The smallest absolute Gasteiger partial charge is 0.288 e. The van der Waals surface area contributed by atoms with Gasteiger partial charge in [0.05, 0.1) is 11.6 Å². The SMILES string of the molecule is O=C(CCCOc1ccc(Cl)cc1Cl)NNC(=O)c1c[nH]c(=S)n1-c1ccccc1. The normalized spacial score (nSPS) is 10.5. The third kappa shape index (κ3) is 5.63. The van der Waals surface area contributed by atoms with E-state index in [2.05, 4.69) is 15.8 Å². The first kappa shape index (κ1) is 21.9. The van der Waals surface area contributed by atoms with Gasteiger partial charge >= 0.3 is 0 Å². The standard InChI is InChI=1S/C20H18Cl2N4O3S/c21-13-8-9-17(15(22)11-13)29-10-4-7-18(27)24-25-19(28)16-12-23-20(30)26(16)14-5-2-1-3-6-14/h1-3,5-6,8-9,11-12H,4,7,10H2,(H,23,30)(H,24,27)(H,25,28). The van der Waals surface area contributed by atoms with Crippen molar-refractivity contribution in [3.63, 3.8) is 0 Å². The molecule has 2 amide bonds. The number of nitrogens with zero attached hydrogens (tertiary/aromatic N) is 1. The molecule has 7 nitrogen and oxygen atoms in total. The number of hydrogen-bond acceptors (Lipinski definition) is 4. The van der Waals surface area contributed by atoms with Crippen LogP contribution >= 0.6 is 35.4 Å². The Balaban J connectivity index is 1.47. The molecule has 0 aliphatic carbocycles. The maximum Gasteiger partial charge on any atom is 0.288 e. The van der Waals surface area contributed by atoms with Crippen molar-refractivity contribution in [2.24, 2.45) is 0 Å². The van der Waals surface area contributed by atoms with Gasteiger partial charge in [0, 0.05) is 23.3 Å². The number of carbonyl (C=O) groups is 2. The second kappa shape index (κ2) is 10.3. The fourth-order valence-electron chi connectivity index (χ4n) is 2.63. The summed E-state index contributed by atoms with van der Waals surface area (Å²) < 4.78 is 7.48. The molecule has 30 heavy (non-hydrogen) atoms. The van der Waals surface area contributed by atoms with Crippen LogP contribution in [0.1, 0.15) is 23.3 Å². The number of carbonyl (C=O) groups excluding carboxylic acids is 2. The quantitative estimate of drug-likeness (QED) is 0.273. The summed E-state index contributed by atoms with van der Waals surface area (Å²) in [6.07, 6.45) is 2.08. The molecule has 1 aromatic heterocycles. The zero-order valence-corrected chi connectivity index (χ0v) is 18.0. The highest BCUT2D eigenvalue weighted by atomic mass is 35.5. The Bertz CT molecular complexity index is 1100. The van der Waals surface area contributed by atoms with Crippen LogP contribution in [0, 0.1) is 4.77 Å². The summed E-state index contributed by atoms with van der Waals surface area (Å²) in [4.78, 5) is 27.3. The Kier molecular flexibility index (Phi) is 7.51. The minimum Gasteiger partial charge on any atom is -0.492 e. The molecule has 2 aromatic carbocycles. The van der Waals surface area contributed by atoms with Crippen LogP contribution in [0.4, 0.5) is 0 Å². The largest absolute Gasteiger partial charge is 0.492 e. The Morgan fingerprint density at radius 3 is 2.60 bits per heavy atom. The molecule has 3 rings (SSSR count). The number of benzene rings is 2. The van der Waals surface area contributed by atoms with Crippen molar-refractivity contribution in [3.8, 4) is 11.4 Å². The molecule has 3 aromatic rings. The van der Waals surface area contributed by atoms with Gasteiger partial charge in [0.2, 0.25) is 5.91 Å². The van der Waals surface area contributed by atoms with Gasteiger partial charge in [0.25, 0.3) is 5.91 Å². The Morgan fingerprint density at radius 2 is 1.87 bits per heavy atom. The van der Waals surface area contributed by atoms with E-state index in [1.807, 2.05) is 30.3 Å². The van der Waals surface area contributed by atoms with Crippen LogP contribution in [-0.4, -0.2) is 28.0 Å². The van der Waals surface area contributed by atoms with Gasteiger partial charge in [-0.15, -0.1) is 0 Å². The minimum absolute atomic E-state index is 0.156. The predicted molar refractivity (Wildman–Crippen MR) is 118 cm³/mol. The summed E-state index contributed by atoms with van der Waals surface area (Å²) in [5.41, 5.74) is 5.79. The summed E-state index contributed by atoms with van der Waals surface area (Å²) in [7, 11) is 0. The number of hydrazine groups is 1. The van der Waals surface area contributed by atoms with Crippen molar-refractivity contribution in [2.75, 3.05) is 6.61 Å². The van der Waals surface area contributed by atoms with Crippen molar-refractivity contribution >= 4 is 47.2 Å². The topological polar surface area (TPSA) is 88.2 Å². The van der Waals surface area contributed by atoms with Crippen LogP contribution in [-0.2, 0) is 4.79 Å². The molecular formula is C20H18Cl2N4O3S. The van der Waals surface area contributed by atoms with E-state index in [4.69, 9.17) is 40.2 Å². The number of halogens is 2. The predicted octanol–water partition coefficient (Wildman–Crippen LogP) is 4.46. The first-order valence-corrected chi connectivity index (χ1v) is 10.1. The van der Waals surface area contributed by atoms with Crippen molar-refractivity contribution < 1.29 is 14.3 Å². The van der Waals surface area contributed by atoms with Crippen molar-refractivity contribution in [3.05, 3.63) is 75.2 Å². The third-order valence-electron chi connectivity index (χ3n) is 4.04. The van der Waals surface area contributed by atoms with Crippen molar-refractivity contribution in [1.29, 1.82) is 0 Å². The number of aromatic nitrogens is 2. The van der Waals surface area contributed by atoms with Crippen LogP contribution in [0.5, 0.6) is 5.75 Å². The minimum atomic E-state index is -0.497. The van der Waals surface area contributed by atoms with Crippen LogP contribution in [0.3, 0.4) is 0 Å². The molecule has 156 valence electrons. The third-order valence-corrected chi connectivity index (χ3v) is 4.87. The first-order chi connectivity index (χ1) is 14.5. The van der Waals surface area contributed by atoms with E-state index < -0.39 is 5.91 Å². The molecule has 0 atom stereocenters. The lowest BCUT2D eigenvalue weighted by Gasteiger charge is -2.11. The first-order valence-electron chi connectivity index (χ1n) is 8.98. The zero-order valence-electron chi connectivity index (χ0n) is 15.7. The van der Waals surface area contributed by atoms with E-state index in [0.29, 0.717) is 27.0 Å². The lowest BCUT2D eigenvalue weighted by atomic mass is 10.3. The molecular weight excluding hydrogens is 447 g/mol. The van der Waals surface area contributed by atoms with E-state index >= 15 is 0 Å². The second-order valence-electron chi connectivity index (χ2n) is 6.18. The average Bonchev–Trinajstić information content (AvgIpc) is 3.13. The molecule has 10 heteroatoms. The highest BCUT2D eigenvalue weighted by molar-refractivity contribution is 7.71. The number of ether oxygens (including phenoxy) is 1. The summed E-state index contributed by atoms with van der Waals surface area (Å²) >= 11 is 17.1. The van der Waals surface area contributed by atoms with E-state index in [1.165, 1.54) is 6.20 Å². The molecule has 0 radical (unpaired) electrons. The van der Waals surface area contributed by atoms with Gasteiger partial charge < -0.3 is 9.72 Å². The van der Waals surface area contributed by atoms with Gasteiger partial charge in [-0.2, -0.15) is 0 Å². The fraction of sp³-hybridized carbons (Fsp3) is 0.150. The maximum absolute atomic E-state index is 12.5. The second-order valence-corrected chi connectivity index (χ2v) is 7.41.